The Labute approximate surface area is 135 Å². The number of carbonyl (C=O) groups excluding carboxylic acids is 2. The van der Waals surface area contributed by atoms with Gasteiger partial charge in [-0.05, 0) is 25.7 Å². The van der Waals surface area contributed by atoms with Crippen LogP contribution in [0.25, 0.3) is 0 Å². The van der Waals surface area contributed by atoms with Crippen LogP contribution < -0.4 is 21.7 Å². The normalized spacial score (nSPS) is 14.2. The third-order valence-electron chi connectivity index (χ3n) is 3.51. The van der Waals surface area contributed by atoms with Crippen LogP contribution in [-0.2, 0) is 9.59 Å². The Kier molecular flexibility index (Phi) is 10.1. The number of rotatable bonds is 11. The maximum atomic E-state index is 12.3. The van der Waals surface area contributed by atoms with Crippen molar-refractivity contribution in [2.75, 3.05) is 6.54 Å². The van der Waals surface area contributed by atoms with Gasteiger partial charge in [-0.25, -0.2) is 4.79 Å². The summed E-state index contributed by atoms with van der Waals surface area (Å²) >= 11 is 0. The first-order chi connectivity index (χ1) is 10.8. The van der Waals surface area contributed by atoms with Crippen molar-refractivity contribution < 1.29 is 19.5 Å². The third kappa shape index (κ3) is 8.64. The predicted octanol–water partition coefficient (Wildman–Crippen LogP) is 0.00577. The summed E-state index contributed by atoms with van der Waals surface area (Å²) in [5, 5.41) is 23.4. The summed E-state index contributed by atoms with van der Waals surface area (Å²) in [7, 11) is 0. The number of hydrogen-bond donors (Lipinski definition) is 6. The van der Waals surface area contributed by atoms with Gasteiger partial charge in [-0.2, -0.15) is 0 Å². The van der Waals surface area contributed by atoms with Crippen LogP contribution in [-0.4, -0.2) is 48.0 Å². The van der Waals surface area contributed by atoms with Gasteiger partial charge in [0.15, 0.2) is 5.96 Å². The van der Waals surface area contributed by atoms with Gasteiger partial charge in [0.25, 0.3) is 0 Å². The second-order valence-corrected chi connectivity index (χ2v) is 5.21. The van der Waals surface area contributed by atoms with Crippen molar-refractivity contribution >= 4 is 24.2 Å². The molecule has 7 N–H and O–H groups in total. The Balaban J connectivity index is 4.54. The summed E-state index contributed by atoms with van der Waals surface area (Å²) in [6, 6.07) is -1.14. The number of amides is 2. The van der Waals surface area contributed by atoms with E-state index in [9.17, 15) is 14.4 Å². The fraction of sp³-hybridized carbons (Fsp3) is 0.714. The number of hydrogen-bond acceptors (Lipinski definition) is 4. The second kappa shape index (κ2) is 11.3. The SMILES string of the molecule is CC[C@H](NC(=O)O)[C@@H](CC)C(=O)N[C@H](C=O)CCCNC(=N)N. The molecule has 0 unspecified atom stereocenters. The highest BCUT2D eigenvalue weighted by atomic mass is 16.4. The molecule has 0 aromatic rings. The van der Waals surface area contributed by atoms with Crippen molar-refractivity contribution in [3.05, 3.63) is 0 Å². The van der Waals surface area contributed by atoms with Gasteiger partial charge in [-0.1, -0.05) is 13.8 Å². The molecule has 9 heteroatoms. The lowest BCUT2D eigenvalue weighted by molar-refractivity contribution is -0.128. The van der Waals surface area contributed by atoms with E-state index in [4.69, 9.17) is 16.2 Å². The minimum Gasteiger partial charge on any atom is -0.465 e. The number of carboxylic acid groups (broad SMARTS) is 1. The largest absolute Gasteiger partial charge is 0.465 e. The molecule has 0 aromatic heterocycles. The van der Waals surface area contributed by atoms with Crippen LogP contribution in [0.15, 0.2) is 0 Å². The van der Waals surface area contributed by atoms with Crippen LogP contribution in [0.5, 0.6) is 0 Å². The predicted molar refractivity (Wildman–Crippen MR) is 86.2 cm³/mol. The fourth-order valence-corrected chi connectivity index (χ4v) is 2.31. The number of nitrogens with one attached hydrogen (secondary N) is 4. The second-order valence-electron chi connectivity index (χ2n) is 5.21. The Bertz CT molecular complexity index is 416. The minimum absolute atomic E-state index is 0.145. The molecular weight excluding hydrogens is 302 g/mol. The molecular formula is C14H27N5O4. The molecule has 132 valence electrons. The zero-order chi connectivity index (χ0) is 17.8. The zero-order valence-corrected chi connectivity index (χ0v) is 13.6. The van der Waals surface area contributed by atoms with Gasteiger partial charge in [0.1, 0.15) is 6.29 Å². The minimum atomic E-state index is -1.18. The van der Waals surface area contributed by atoms with Crippen LogP contribution in [0.1, 0.15) is 39.5 Å². The van der Waals surface area contributed by atoms with E-state index in [0.29, 0.717) is 38.5 Å². The quantitative estimate of drug-likeness (QED) is 0.136. The first-order valence-electron chi connectivity index (χ1n) is 7.68. The van der Waals surface area contributed by atoms with Crippen LogP contribution in [0.2, 0.25) is 0 Å². The Hall–Kier alpha value is -2.32. The number of aldehydes is 1. The molecule has 2 amide bonds. The average Bonchev–Trinajstić information content (AvgIpc) is 2.49. The van der Waals surface area contributed by atoms with Crippen LogP contribution in [0, 0.1) is 11.3 Å². The van der Waals surface area contributed by atoms with Crippen molar-refractivity contribution in [2.24, 2.45) is 11.7 Å². The van der Waals surface area contributed by atoms with Crippen molar-refractivity contribution in [3.8, 4) is 0 Å². The molecule has 0 aliphatic heterocycles. The van der Waals surface area contributed by atoms with Gasteiger partial charge >= 0.3 is 6.09 Å². The highest BCUT2D eigenvalue weighted by Crippen LogP contribution is 2.13. The number of carbonyl (C=O) groups is 3. The molecule has 0 aliphatic carbocycles. The van der Waals surface area contributed by atoms with Crippen LogP contribution >= 0.6 is 0 Å². The van der Waals surface area contributed by atoms with Crippen LogP contribution in [0.3, 0.4) is 0 Å². The summed E-state index contributed by atoms with van der Waals surface area (Å²) in [6.45, 7) is 4.02. The summed E-state index contributed by atoms with van der Waals surface area (Å²) in [5.74, 6) is -1.02. The Morgan fingerprint density at radius 1 is 1.26 bits per heavy atom. The molecule has 0 heterocycles. The zero-order valence-electron chi connectivity index (χ0n) is 13.6. The maximum absolute atomic E-state index is 12.3. The first kappa shape index (κ1) is 20.7. The third-order valence-corrected chi connectivity index (χ3v) is 3.51. The van der Waals surface area contributed by atoms with E-state index in [1.165, 1.54) is 0 Å². The Morgan fingerprint density at radius 2 is 1.91 bits per heavy atom. The van der Waals surface area contributed by atoms with Crippen molar-refractivity contribution in [1.29, 1.82) is 5.41 Å². The lowest BCUT2D eigenvalue weighted by atomic mass is 9.93. The van der Waals surface area contributed by atoms with Gasteiger partial charge in [-0.3, -0.25) is 10.2 Å². The van der Waals surface area contributed by atoms with E-state index in [-0.39, 0.29) is 11.9 Å². The molecule has 0 saturated heterocycles. The lowest BCUT2D eigenvalue weighted by Gasteiger charge is -2.25. The van der Waals surface area contributed by atoms with Gasteiger partial charge in [0.05, 0.1) is 12.0 Å². The maximum Gasteiger partial charge on any atom is 0.404 e. The molecule has 0 rings (SSSR count). The van der Waals surface area contributed by atoms with Gasteiger partial charge < -0.3 is 31.6 Å². The number of guanidine groups is 1. The monoisotopic (exact) mass is 329 g/mol. The highest BCUT2D eigenvalue weighted by Gasteiger charge is 2.28. The van der Waals surface area contributed by atoms with Crippen molar-refractivity contribution in [3.63, 3.8) is 0 Å². The average molecular weight is 329 g/mol. The van der Waals surface area contributed by atoms with E-state index in [0.717, 1.165) is 0 Å². The molecule has 23 heavy (non-hydrogen) atoms. The van der Waals surface area contributed by atoms with Crippen molar-refractivity contribution in [1.82, 2.24) is 16.0 Å². The molecule has 0 aromatic carbocycles. The summed E-state index contributed by atoms with van der Waals surface area (Å²) in [6.07, 6.45) is 1.39. The van der Waals surface area contributed by atoms with E-state index >= 15 is 0 Å². The van der Waals surface area contributed by atoms with Crippen molar-refractivity contribution in [2.45, 2.75) is 51.6 Å². The van der Waals surface area contributed by atoms with E-state index < -0.39 is 24.1 Å². The van der Waals surface area contributed by atoms with E-state index in [2.05, 4.69) is 16.0 Å². The van der Waals surface area contributed by atoms with E-state index in [1.54, 1.807) is 13.8 Å². The highest BCUT2D eigenvalue weighted by molar-refractivity contribution is 5.83. The van der Waals surface area contributed by atoms with Crippen LogP contribution in [0.4, 0.5) is 4.79 Å². The molecule has 0 radical (unpaired) electrons. The molecule has 0 saturated carbocycles. The fourth-order valence-electron chi connectivity index (χ4n) is 2.31. The first-order valence-corrected chi connectivity index (χ1v) is 7.68. The smallest absolute Gasteiger partial charge is 0.404 e. The summed E-state index contributed by atoms with van der Waals surface area (Å²) < 4.78 is 0. The van der Waals surface area contributed by atoms with E-state index in [1.807, 2.05) is 0 Å². The lowest BCUT2D eigenvalue weighted by Crippen LogP contribution is -2.48. The standard InChI is InChI=1S/C14H27N5O4/c1-3-10(11(4-2)19-14(22)23)12(21)18-9(8-20)6-5-7-17-13(15)16/h8-11,19H,3-7H2,1-2H3,(H,18,21)(H,22,23)(H4,15,16,17)/t9-,10+,11-/m0/s1. The summed E-state index contributed by atoms with van der Waals surface area (Å²) in [4.78, 5) is 34.2. The molecule has 0 bridgehead atoms. The molecule has 0 fully saturated rings. The Morgan fingerprint density at radius 3 is 2.35 bits per heavy atom. The topological polar surface area (TPSA) is 157 Å². The van der Waals surface area contributed by atoms with Gasteiger partial charge in [-0.15, -0.1) is 0 Å². The molecule has 0 aliphatic rings. The van der Waals surface area contributed by atoms with Gasteiger partial charge in [0, 0.05) is 12.6 Å². The molecule has 9 nitrogen and oxygen atoms in total. The molecule has 3 atom stereocenters. The summed E-state index contributed by atoms with van der Waals surface area (Å²) in [5.41, 5.74) is 5.15. The van der Waals surface area contributed by atoms with Gasteiger partial charge in [0.2, 0.25) is 5.91 Å². The number of nitrogens with two attached hydrogens (primary N) is 1. The molecule has 0 spiro atoms.